The van der Waals surface area contributed by atoms with Crippen molar-refractivity contribution in [3.05, 3.63) is 0 Å². The molecule has 0 radical (unpaired) electrons. The van der Waals surface area contributed by atoms with Gasteiger partial charge in [-0.05, 0) is 32.7 Å². The minimum Gasteiger partial charge on any atom is -0.389 e. The van der Waals surface area contributed by atoms with Gasteiger partial charge in [0, 0.05) is 20.2 Å². The Morgan fingerprint density at radius 3 is 2.77 bits per heavy atom. The molecule has 78 valence electrons. The lowest BCUT2D eigenvalue weighted by atomic mass is 10.1. The highest BCUT2D eigenvalue weighted by Gasteiger charge is 2.26. The highest BCUT2D eigenvalue weighted by atomic mass is 16.5. The summed E-state index contributed by atoms with van der Waals surface area (Å²) in [5.74, 6) is 0.660. The summed E-state index contributed by atoms with van der Waals surface area (Å²) in [6.45, 7) is 7.50. The van der Waals surface area contributed by atoms with Gasteiger partial charge < -0.3 is 14.7 Å². The minimum atomic E-state index is -0.567. The number of hydrogen-bond donors (Lipinski definition) is 1. The van der Waals surface area contributed by atoms with Crippen molar-refractivity contribution < 1.29 is 9.84 Å². The average Bonchev–Trinajstić information content (AvgIpc) is 2.33. The number of hydrogen-bond acceptors (Lipinski definition) is 3. The Hall–Kier alpha value is -0.120. The van der Waals surface area contributed by atoms with Crippen molar-refractivity contribution in [2.45, 2.75) is 25.9 Å². The monoisotopic (exact) mass is 187 g/mol. The lowest BCUT2D eigenvalue weighted by Crippen LogP contribution is -2.37. The van der Waals surface area contributed by atoms with Gasteiger partial charge in [-0.15, -0.1) is 0 Å². The van der Waals surface area contributed by atoms with Crippen molar-refractivity contribution in [3.63, 3.8) is 0 Å². The van der Waals surface area contributed by atoms with Gasteiger partial charge in [0.1, 0.15) is 0 Å². The third kappa shape index (κ3) is 4.07. The summed E-state index contributed by atoms with van der Waals surface area (Å²) in [7, 11) is 1.75. The fourth-order valence-electron chi connectivity index (χ4n) is 1.98. The lowest BCUT2D eigenvalue weighted by molar-refractivity contribution is 0.0412. The number of aliphatic hydroxyl groups is 1. The van der Waals surface area contributed by atoms with Crippen LogP contribution in [0.3, 0.4) is 0 Å². The van der Waals surface area contributed by atoms with Gasteiger partial charge in [-0.2, -0.15) is 0 Å². The molecule has 1 atom stereocenters. The second kappa shape index (κ2) is 4.40. The highest BCUT2D eigenvalue weighted by molar-refractivity contribution is 4.80. The molecular weight excluding hydrogens is 166 g/mol. The number of methoxy groups -OCH3 is 1. The van der Waals surface area contributed by atoms with Crippen molar-refractivity contribution in [1.82, 2.24) is 4.90 Å². The van der Waals surface area contributed by atoms with Crippen LogP contribution < -0.4 is 0 Å². The van der Waals surface area contributed by atoms with Crippen LogP contribution in [0.1, 0.15) is 20.3 Å². The van der Waals surface area contributed by atoms with Crippen LogP contribution in [0.5, 0.6) is 0 Å². The normalized spacial score (nSPS) is 25.4. The maximum Gasteiger partial charge on any atom is 0.0718 e. The van der Waals surface area contributed by atoms with E-state index < -0.39 is 5.60 Å². The van der Waals surface area contributed by atoms with Gasteiger partial charge in [0.05, 0.1) is 12.2 Å². The third-order valence-electron chi connectivity index (χ3n) is 2.38. The van der Waals surface area contributed by atoms with E-state index in [2.05, 4.69) is 4.90 Å². The first-order valence-corrected chi connectivity index (χ1v) is 4.95. The van der Waals surface area contributed by atoms with E-state index in [-0.39, 0.29) is 0 Å². The summed E-state index contributed by atoms with van der Waals surface area (Å²) in [5.41, 5.74) is -0.567. The molecule has 0 bridgehead atoms. The number of nitrogens with zero attached hydrogens (tertiary/aromatic N) is 1. The predicted molar refractivity (Wildman–Crippen MR) is 52.7 cm³/mol. The first-order valence-electron chi connectivity index (χ1n) is 4.95. The zero-order valence-electron chi connectivity index (χ0n) is 8.92. The van der Waals surface area contributed by atoms with E-state index in [0.717, 1.165) is 26.2 Å². The second-order valence-corrected chi connectivity index (χ2v) is 4.66. The summed E-state index contributed by atoms with van der Waals surface area (Å²) in [5, 5.41) is 9.62. The van der Waals surface area contributed by atoms with Crippen molar-refractivity contribution >= 4 is 0 Å². The summed E-state index contributed by atoms with van der Waals surface area (Å²) in [6, 6.07) is 0. The van der Waals surface area contributed by atoms with E-state index in [4.69, 9.17) is 4.74 Å². The van der Waals surface area contributed by atoms with E-state index >= 15 is 0 Å². The summed E-state index contributed by atoms with van der Waals surface area (Å²) in [6.07, 6.45) is 1.20. The standard InChI is InChI=1S/C10H21NO2/c1-10(2,12)8-11-5-4-9(6-11)7-13-3/h9,12H,4-8H2,1-3H3. The Morgan fingerprint density at radius 2 is 2.23 bits per heavy atom. The van der Waals surface area contributed by atoms with Crippen LogP contribution in [-0.2, 0) is 4.74 Å². The average molecular weight is 187 g/mol. The number of ether oxygens (including phenoxy) is 1. The zero-order chi connectivity index (χ0) is 9.90. The Bertz CT molecular complexity index is 153. The van der Waals surface area contributed by atoms with Gasteiger partial charge in [-0.1, -0.05) is 0 Å². The molecule has 1 aliphatic heterocycles. The molecule has 0 amide bonds. The quantitative estimate of drug-likeness (QED) is 0.704. The number of β-amino-alcohol motifs (C(OH)–C–C–N with tert-alkyl or cyclic N) is 1. The molecule has 1 rings (SSSR count). The van der Waals surface area contributed by atoms with Gasteiger partial charge in [0.2, 0.25) is 0 Å². The van der Waals surface area contributed by atoms with Crippen molar-refractivity contribution in [1.29, 1.82) is 0 Å². The first-order chi connectivity index (χ1) is 6.01. The van der Waals surface area contributed by atoms with Crippen LogP contribution in [0.15, 0.2) is 0 Å². The summed E-state index contributed by atoms with van der Waals surface area (Å²) < 4.78 is 5.12. The molecule has 0 spiro atoms. The SMILES string of the molecule is COCC1CCN(CC(C)(C)O)C1. The Kier molecular flexibility index (Phi) is 3.71. The fourth-order valence-corrected chi connectivity index (χ4v) is 1.98. The molecule has 1 aliphatic rings. The Morgan fingerprint density at radius 1 is 1.54 bits per heavy atom. The maximum atomic E-state index is 9.62. The van der Waals surface area contributed by atoms with E-state index in [1.807, 2.05) is 13.8 Å². The van der Waals surface area contributed by atoms with Crippen LogP contribution in [0.25, 0.3) is 0 Å². The Labute approximate surface area is 80.7 Å². The van der Waals surface area contributed by atoms with Crippen LogP contribution >= 0.6 is 0 Å². The minimum absolute atomic E-state index is 0.567. The molecule has 0 aromatic rings. The molecule has 1 fully saturated rings. The van der Waals surface area contributed by atoms with Gasteiger partial charge >= 0.3 is 0 Å². The molecule has 1 N–H and O–H groups in total. The van der Waals surface area contributed by atoms with E-state index in [0.29, 0.717) is 5.92 Å². The Balaban J connectivity index is 2.25. The first kappa shape index (κ1) is 11.0. The molecule has 0 saturated carbocycles. The topological polar surface area (TPSA) is 32.7 Å². The second-order valence-electron chi connectivity index (χ2n) is 4.66. The molecule has 0 aliphatic carbocycles. The van der Waals surface area contributed by atoms with Gasteiger partial charge in [0.25, 0.3) is 0 Å². The van der Waals surface area contributed by atoms with Gasteiger partial charge in [-0.25, -0.2) is 0 Å². The molecule has 13 heavy (non-hydrogen) atoms. The molecule has 0 aromatic heterocycles. The molecule has 1 unspecified atom stereocenters. The third-order valence-corrected chi connectivity index (χ3v) is 2.38. The van der Waals surface area contributed by atoms with Crippen molar-refractivity contribution in [2.24, 2.45) is 5.92 Å². The van der Waals surface area contributed by atoms with Crippen LogP contribution in [0, 0.1) is 5.92 Å². The molecule has 3 heteroatoms. The van der Waals surface area contributed by atoms with Crippen LogP contribution in [-0.4, -0.2) is 49.0 Å². The van der Waals surface area contributed by atoms with Crippen LogP contribution in [0.4, 0.5) is 0 Å². The largest absolute Gasteiger partial charge is 0.389 e. The van der Waals surface area contributed by atoms with Crippen molar-refractivity contribution in [3.8, 4) is 0 Å². The fraction of sp³-hybridized carbons (Fsp3) is 1.00. The highest BCUT2D eigenvalue weighted by Crippen LogP contribution is 2.18. The summed E-state index contributed by atoms with van der Waals surface area (Å²) in [4.78, 5) is 2.31. The van der Waals surface area contributed by atoms with Crippen LogP contribution in [0.2, 0.25) is 0 Å². The van der Waals surface area contributed by atoms with E-state index in [9.17, 15) is 5.11 Å². The maximum absolute atomic E-state index is 9.62. The zero-order valence-corrected chi connectivity index (χ0v) is 8.92. The summed E-state index contributed by atoms with van der Waals surface area (Å²) >= 11 is 0. The van der Waals surface area contributed by atoms with E-state index in [1.165, 1.54) is 6.42 Å². The molecular formula is C10H21NO2. The molecule has 1 saturated heterocycles. The van der Waals surface area contributed by atoms with E-state index in [1.54, 1.807) is 7.11 Å². The predicted octanol–water partition coefficient (Wildman–Crippen LogP) is 0.726. The molecule has 0 aromatic carbocycles. The number of likely N-dealkylation sites (tertiary alicyclic amines) is 1. The van der Waals surface area contributed by atoms with Gasteiger partial charge in [0.15, 0.2) is 0 Å². The van der Waals surface area contributed by atoms with Gasteiger partial charge in [-0.3, -0.25) is 0 Å². The number of rotatable bonds is 4. The lowest BCUT2D eigenvalue weighted by Gasteiger charge is -2.25. The molecule has 1 heterocycles. The van der Waals surface area contributed by atoms with Crippen molar-refractivity contribution in [2.75, 3.05) is 33.4 Å². The smallest absolute Gasteiger partial charge is 0.0718 e. The molecule has 3 nitrogen and oxygen atoms in total.